The highest BCUT2D eigenvalue weighted by Crippen LogP contribution is 2.32. The summed E-state index contributed by atoms with van der Waals surface area (Å²) in [5, 5.41) is 100.0. The van der Waals surface area contributed by atoms with Crippen molar-refractivity contribution >= 4 is 0 Å². The fourth-order valence-electron chi connectivity index (χ4n) is 3.97. The van der Waals surface area contributed by atoms with Crippen molar-refractivity contribution in [2.24, 2.45) is 0 Å². The molecule has 10 N–H and O–H groups in total. The van der Waals surface area contributed by atoms with Crippen LogP contribution in [0.25, 0.3) is 0 Å². The Hall–Kier alpha value is -0.600. The lowest BCUT2D eigenvalue weighted by molar-refractivity contribution is -0.386. The number of aliphatic hydroxyl groups excluding tert-OH is 10. The van der Waals surface area contributed by atoms with Gasteiger partial charge in [0.05, 0.1) is 19.3 Å². The molecule has 3 aliphatic rings. The monoisotopic (exact) mass is 488 g/mol. The second-order valence-electron chi connectivity index (χ2n) is 8.32. The third-order valence-electron chi connectivity index (χ3n) is 6.06. The van der Waals surface area contributed by atoms with Gasteiger partial charge in [-0.1, -0.05) is 0 Å². The second-order valence-corrected chi connectivity index (χ2v) is 8.32. The molecule has 0 aliphatic carbocycles. The topological polar surface area (TPSA) is 248 Å². The largest absolute Gasteiger partial charge is 0.394 e. The molecule has 0 unspecified atom stereocenters. The summed E-state index contributed by atoms with van der Waals surface area (Å²) in [6, 6.07) is 0. The lowest BCUT2D eigenvalue weighted by Crippen LogP contribution is -2.66. The standard InChI is InChI=1S/C18H32O15/c1-4-7(21)10(24)12(26)17(29-4)33-15-14(9(23)6(3-20)30-16(15)28)32-18-13(27)11(25)8(22)5(2-19)31-18/h4-28H,2-3H2,1H3/t4-,5+,6+,7+,8-,9+,10+,11-,12-,13+,14-,15+,16+,17-,18-/m0/s1. The SMILES string of the molecule is C[C@@H]1O[C@@H](O[C@@H]2[C@@H](O[C@@H]3O[C@H](CO)[C@H](O)[C@H](O)[C@H]3O)[C@H](O)[C@@H](CO)O[C@H]2O)[C@@H](O)[C@H](O)[C@@H]1O. The van der Waals surface area contributed by atoms with Crippen LogP contribution < -0.4 is 0 Å². The van der Waals surface area contributed by atoms with Crippen molar-refractivity contribution in [3.63, 3.8) is 0 Å². The highest BCUT2D eigenvalue weighted by molar-refractivity contribution is 4.96. The number of hydrogen-bond acceptors (Lipinski definition) is 15. The van der Waals surface area contributed by atoms with E-state index in [0.29, 0.717) is 0 Å². The zero-order valence-electron chi connectivity index (χ0n) is 17.6. The van der Waals surface area contributed by atoms with Crippen molar-refractivity contribution in [3.05, 3.63) is 0 Å². The van der Waals surface area contributed by atoms with Gasteiger partial charge in [0.25, 0.3) is 0 Å². The van der Waals surface area contributed by atoms with Crippen LogP contribution in [0.4, 0.5) is 0 Å². The highest BCUT2D eigenvalue weighted by Gasteiger charge is 2.53. The van der Waals surface area contributed by atoms with E-state index in [-0.39, 0.29) is 0 Å². The Kier molecular flexibility index (Phi) is 8.99. The van der Waals surface area contributed by atoms with Crippen LogP contribution in [0.5, 0.6) is 0 Å². The summed E-state index contributed by atoms with van der Waals surface area (Å²) in [7, 11) is 0. The molecule has 0 aromatic heterocycles. The number of ether oxygens (including phenoxy) is 5. The van der Waals surface area contributed by atoms with Crippen LogP contribution in [0.15, 0.2) is 0 Å². The van der Waals surface area contributed by atoms with Crippen LogP contribution in [0.1, 0.15) is 6.92 Å². The number of rotatable bonds is 6. The van der Waals surface area contributed by atoms with Crippen LogP contribution in [-0.4, -0.2) is 156 Å². The molecule has 0 spiro atoms. The molecule has 0 bridgehead atoms. The van der Waals surface area contributed by atoms with Gasteiger partial charge in [-0.25, -0.2) is 0 Å². The van der Waals surface area contributed by atoms with Crippen LogP contribution in [0.2, 0.25) is 0 Å². The van der Waals surface area contributed by atoms with E-state index < -0.39 is 105 Å². The molecule has 33 heavy (non-hydrogen) atoms. The van der Waals surface area contributed by atoms with Gasteiger partial charge in [-0.15, -0.1) is 0 Å². The van der Waals surface area contributed by atoms with E-state index in [1.54, 1.807) is 0 Å². The highest BCUT2D eigenvalue weighted by atomic mass is 16.8. The summed E-state index contributed by atoms with van der Waals surface area (Å²) >= 11 is 0. The van der Waals surface area contributed by atoms with Gasteiger partial charge in [-0.05, 0) is 6.92 Å². The molecule has 3 heterocycles. The first-order valence-corrected chi connectivity index (χ1v) is 10.4. The maximum absolute atomic E-state index is 10.6. The molecule has 0 saturated carbocycles. The van der Waals surface area contributed by atoms with Gasteiger partial charge in [0.15, 0.2) is 18.9 Å². The molecule has 15 nitrogen and oxygen atoms in total. The first-order chi connectivity index (χ1) is 15.5. The summed E-state index contributed by atoms with van der Waals surface area (Å²) in [5.41, 5.74) is 0. The average molecular weight is 488 g/mol. The van der Waals surface area contributed by atoms with E-state index in [2.05, 4.69) is 0 Å². The van der Waals surface area contributed by atoms with Crippen molar-refractivity contribution in [2.45, 2.75) is 99.0 Å². The first-order valence-electron chi connectivity index (χ1n) is 10.4. The predicted molar refractivity (Wildman–Crippen MR) is 99.8 cm³/mol. The van der Waals surface area contributed by atoms with Crippen molar-refractivity contribution in [2.75, 3.05) is 13.2 Å². The van der Waals surface area contributed by atoms with E-state index in [4.69, 9.17) is 23.7 Å². The molecular weight excluding hydrogens is 456 g/mol. The molecule has 194 valence electrons. The van der Waals surface area contributed by atoms with Crippen LogP contribution in [-0.2, 0) is 23.7 Å². The van der Waals surface area contributed by atoms with Crippen molar-refractivity contribution in [1.29, 1.82) is 0 Å². The van der Waals surface area contributed by atoms with Crippen LogP contribution in [0, 0.1) is 0 Å². The Morgan fingerprint density at radius 3 is 1.61 bits per heavy atom. The predicted octanol–water partition coefficient (Wildman–Crippen LogP) is -6.55. The maximum atomic E-state index is 10.6. The average Bonchev–Trinajstić information content (AvgIpc) is 2.79. The Balaban J connectivity index is 1.82. The van der Waals surface area contributed by atoms with E-state index in [1.807, 2.05) is 0 Å². The molecular formula is C18H32O15. The molecule has 3 fully saturated rings. The molecule has 15 atom stereocenters. The third kappa shape index (κ3) is 5.32. The Morgan fingerprint density at radius 2 is 1.03 bits per heavy atom. The van der Waals surface area contributed by atoms with Crippen molar-refractivity contribution < 1.29 is 74.7 Å². The van der Waals surface area contributed by atoms with Crippen LogP contribution >= 0.6 is 0 Å². The van der Waals surface area contributed by atoms with E-state index in [1.165, 1.54) is 6.92 Å². The van der Waals surface area contributed by atoms with Gasteiger partial charge in [0, 0.05) is 0 Å². The van der Waals surface area contributed by atoms with E-state index >= 15 is 0 Å². The lowest BCUT2D eigenvalue weighted by Gasteiger charge is -2.48. The van der Waals surface area contributed by atoms with Gasteiger partial charge in [0.2, 0.25) is 0 Å². The van der Waals surface area contributed by atoms with Gasteiger partial charge in [0.1, 0.15) is 67.1 Å². The molecule has 0 amide bonds. The minimum atomic E-state index is -1.88. The summed E-state index contributed by atoms with van der Waals surface area (Å²) in [6.07, 6.45) is -24.1. The summed E-state index contributed by atoms with van der Waals surface area (Å²) < 4.78 is 26.7. The number of aliphatic hydroxyl groups is 10. The molecule has 15 heteroatoms. The summed E-state index contributed by atoms with van der Waals surface area (Å²) in [4.78, 5) is 0. The fraction of sp³-hybridized carbons (Fsp3) is 1.00. The van der Waals surface area contributed by atoms with Crippen molar-refractivity contribution in [1.82, 2.24) is 0 Å². The lowest BCUT2D eigenvalue weighted by atomic mass is 9.96. The Bertz CT molecular complexity index is 624. The van der Waals surface area contributed by atoms with Gasteiger partial charge in [-0.2, -0.15) is 0 Å². The smallest absolute Gasteiger partial charge is 0.187 e. The normalized spacial score (nSPS) is 53.7. The third-order valence-corrected chi connectivity index (χ3v) is 6.06. The van der Waals surface area contributed by atoms with Gasteiger partial charge in [-0.3, -0.25) is 0 Å². The molecule has 3 rings (SSSR count). The zero-order valence-corrected chi connectivity index (χ0v) is 17.6. The summed E-state index contributed by atoms with van der Waals surface area (Å²) in [6.45, 7) is -0.115. The minimum absolute atomic E-state index is 0.747. The maximum Gasteiger partial charge on any atom is 0.187 e. The Morgan fingerprint density at radius 1 is 0.545 bits per heavy atom. The van der Waals surface area contributed by atoms with Gasteiger partial charge < -0.3 is 74.7 Å². The fourth-order valence-corrected chi connectivity index (χ4v) is 3.97. The van der Waals surface area contributed by atoms with Gasteiger partial charge >= 0.3 is 0 Å². The first kappa shape index (κ1) is 27.0. The quantitative estimate of drug-likeness (QED) is 0.167. The molecule has 3 aliphatic heterocycles. The zero-order chi connectivity index (χ0) is 24.6. The molecule has 3 saturated heterocycles. The van der Waals surface area contributed by atoms with E-state index in [9.17, 15) is 51.1 Å². The number of hydrogen-bond donors (Lipinski definition) is 10. The van der Waals surface area contributed by atoms with Crippen molar-refractivity contribution in [3.8, 4) is 0 Å². The van der Waals surface area contributed by atoms with E-state index in [0.717, 1.165) is 0 Å². The minimum Gasteiger partial charge on any atom is -0.394 e. The second kappa shape index (κ2) is 11.0. The Labute approximate surface area is 187 Å². The summed E-state index contributed by atoms with van der Waals surface area (Å²) in [5.74, 6) is 0. The van der Waals surface area contributed by atoms with Crippen LogP contribution in [0.3, 0.4) is 0 Å². The molecule has 0 radical (unpaired) electrons. The molecule has 0 aromatic carbocycles. The molecule has 0 aromatic rings.